The van der Waals surface area contributed by atoms with Crippen molar-refractivity contribution in [1.29, 1.82) is 0 Å². The zero-order valence-electron chi connectivity index (χ0n) is 18.7. The first-order chi connectivity index (χ1) is 14.5. The zero-order valence-corrected chi connectivity index (χ0v) is 19.5. The van der Waals surface area contributed by atoms with Gasteiger partial charge in [-0.05, 0) is 0 Å². The molecule has 6 amide bonds. The van der Waals surface area contributed by atoms with Gasteiger partial charge in [0, 0.05) is 41.5 Å². The van der Waals surface area contributed by atoms with Crippen LogP contribution < -0.4 is 43.4 Å². The highest BCUT2D eigenvalue weighted by Gasteiger charge is 2.28. The van der Waals surface area contributed by atoms with Gasteiger partial charge in [-0.2, -0.15) is 8.42 Å². The molecular formula is C14H30N8O10S. The number of carbonyl (C=O) groups is 6. The Hall–Kier alpha value is -3.39. The number of carbonyl (C=O) groups excluding carboxylic acids is 6. The summed E-state index contributed by atoms with van der Waals surface area (Å²) in [6.07, 6.45) is 0. The summed E-state index contributed by atoms with van der Waals surface area (Å²) in [5, 5.41) is 13.2. The van der Waals surface area contributed by atoms with Gasteiger partial charge < -0.3 is 31.9 Å². The second-order valence-corrected chi connectivity index (χ2v) is 7.05. The van der Waals surface area contributed by atoms with Gasteiger partial charge in [-0.25, -0.2) is 0 Å². The van der Waals surface area contributed by atoms with E-state index in [1.54, 1.807) is 0 Å². The molecule has 0 fully saturated rings. The topological polar surface area (TPSA) is 301 Å². The van der Waals surface area contributed by atoms with Crippen LogP contribution in [0.15, 0.2) is 0 Å². The lowest BCUT2D eigenvalue weighted by molar-refractivity contribution is -0.131. The first-order valence-corrected chi connectivity index (χ1v) is 9.90. The van der Waals surface area contributed by atoms with E-state index >= 15 is 0 Å². The van der Waals surface area contributed by atoms with E-state index in [0.717, 1.165) is 0 Å². The summed E-state index contributed by atoms with van der Waals surface area (Å²) in [6, 6.07) is 0. The van der Waals surface area contributed by atoms with Crippen molar-refractivity contribution in [3.63, 3.8) is 0 Å². The van der Waals surface area contributed by atoms with Gasteiger partial charge in [-0.15, -0.1) is 0 Å². The van der Waals surface area contributed by atoms with Gasteiger partial charge in [0.2, 0.25) is 47.3 Å². The SMILES string of the molecule is CC(=O)NC(N)(NC(C)=O)NC(C)=O.CC(=O)NC(N)(NC(C)=O)NC(C)=O.O=S(=O)(O)O. The second kappa shape index (κ2) is 14.6. The Bertz CT molecular complexity index is 701. The number of amides is 6. The molecule has 0 saturated carbocycles. The minimum absolute atomic E-state index is 0.477. The number of hydrogen-bond donors (Lipinski definition) is 10. The van der Waals surface area contributed by atoms with Crippen molar-refractivity contribution in [2.24, 2.45) is 11.5 Å². The van der Waals surface area contributed by atoms with Gasteiger partial charge in [-0.1, -0.05) is 0 Å². The highest BCUT2D eigenvalue weighted by Crippen LogP contribution is 1.86. The predicted octanol–water partition coefficient (Wildman–Crippen LogP) is -4.72. The van der Waals surface area contributed by atoms with Crippen LogP contribution in [0.1, 0.15) is 41.5 Å². The smallest absolute Gasteiger partial charge is 0.303 e. The molecule has 0 atom stereocenters. The number of nitrogens with one attached hydrogen (secondary N) is 6. The summed E-state index contributed by atoms with van der Waals surface area (Å²) in [7, 11) is -4.67. The molecule has 33 heavy (non-hydrogen) atoms. The van der Waals surface area contributed by atoms with Crippen LogP contribution in [0.2, 0.25) is 0 Å². The molecule has 0 aliphatic rings. The van der Waals surface area contributed by atoms with Crippen LogP contribution >= 0.6 is 0 Å². The molecular weight excluding hydrogens is 472 g/mol. The summed E-state index contributed by atoms with van der Waals surface area (Å²) in [6.45, 7) is 7.28. The molecule has 0 aliphatic carbocycles. The van der Waals surface area contributed by atoms with Gasteiger partial charge in [0.25, 0.3) is 0 Å². The van der Waals surface area contributed by atoms with Crippen LogP contribution in [-0.4, -0.2) is 64.8 Å². The van der Waals surface area contributed by atoms with Crippen LogP contribution in [-0.2, 0) is 39.2 Å². The predicted molar refractivity (Wildman–Crippen MR) is 111 cm³/mol. The molecule has 0 saturated heterocycles. The molecule has 0 aromatic rings. The van der Waals surface area contributed by atoms with Crippen LogP contribution in [0.5, 0.6) is 0 Å². The first kappa shape index (κ1) is 34.2. The molecule has 18 nitrogen and oxygen atoms in total. The lowest BCUT2D eigenvalue weighted by atomic mass is 10.5. The van der Waals surface area contributed by atoms with Crippen LogP contribution in [0.4, 0.5) is 0 Å². The largest absolute Gasteiger partial charge is 0.394 e. The van der Waals surface area contributed by atoms with Gasteiger partial charge in [0.15, 0.2) is 0 Å². The van der Waals surface area contributed by atoms with Crippen LogP contribution in [0, 0.1) is 0 Å². The Balaban J connectivity index is -0.000000453. The van der Waals surface area contributed by atoms with Crippen molar-refractivity contribution in [1.82, 2.24) is 31.9 Å². The lowest BCUT2D eigenvalue weighted by Crippen LogP contribution is -2.75. The highest BCUT2D eigenvalue weighted by atomic mass is 32.3. The van der Waals surface area contributed by atoms with Crippen molar-refractivity contribution in [3.8, 4) is 0 Å². The molecule has 0 unspecified atom stereocenters. The molecule has 0 aromatic carbocycles. The van der Waals surface area contributed by atoms with Gasteiger partial charge >= 0.3 is 10.4 Å². The standard InChI is InChI=1S/2C7H14N4O3.H2O4S/c2*1-4(12)9-7(8,10-5(2)13)11-6(3)14;1-5(2,3)4/h2*8H2,1-3H3,(H,9,12)(H,10,13)(H,11,14);(H2,1,2,3,4). The minimum atomic E-state index is -4.67. The second-order valence-electron chi connectivity index (χ2n) is 6.15. The fourth-order valence-corrected chi connectivity index (χ4v) is 1.85. The van der Waals surface area contributed by atoms with Crippen LogP contribution in [0.25, 0.3) is 0 Å². The molecule has 0 bridgehead atoms. The van der Waals surface area contributed by atoms with Gasteiger partial charge in [0.05, 0.1) is 0 Å². The minimum Gasteiger partial charge on any atom is -0.303 e. The lowest BCUT2D eigenvalue weighted by Gasteiger charge is -2.30. The summed E-state index contributed by atoms with van der Waals surface area (Å²) in [5.74, 6) is -6.33. The van der Waals surface area contributed by atoms with E-state index in [2.05, 4.69) is 31.9 Å². The van der Waals surface area contributed by atoms with E-state index in [1.807, 2.05) is 0 Å². The Morgan fingerprint density at radius 1 is 0.515 bits per heavy atom. The molecule has 0 radical (unpaired) electrons. The third kappa shape index (κ3) is 28.6. The normalized spacial score (nSPS) is 10.5. The van der Waals surface area contributed by atoms with Crippen molar-refractivity contribution in [3.05, 3.63) is 0 Å². The Morgan fingerprint density at radius 2 is 0.606 bits per heavy atom. The molecule has 192 valence electrons. The Kier molecular flexibility index (Phi) is 15.2. The van der Waals surface area contributed by atoms with E-state index in [1.165, 1.54) is 41.5 Å². The van der Waals surface area contributed by atoms with Crippen molar-refractivity contribution in [2.75, 3.05) is 0 Å². The number of rotatable bonds is 6. The third-order valence-electron chi connectivity index (χ3n) is 2.24. The average molecular weight is 503 g/mol. The molecule has 0 heterocycles. The molecule has 0 aliphatic heterocycles. The van der Waals surface area contributed by atoms with Gasteiger partial charge in [-0.3, -0.25) is 49.3 Å². The molecule has 0 rings (SSSR count). The molecule has 19 heteroatoms. The Labute approximate surface area is 189 Å². The summed E-state index contributed by atoms with van der Waals surface area (Å²) in [5.41, 5.74) is 11.0. The first-order valence-electron chi connectivity index (χ1n) is 8.50. The quantitative estimate of drug-likeness (QED) is 0.121. The molecule has 12 N–H and O–H groups in total. The molecule has 0 aromatic heterocycles. The Morgan fingerprint density at radius 3 is 0.667 bits per heavy atom. The van der Waals surface area contributed by atoms with Crippen molar-refractivity contribution < 1.29 is 46.3 Å². The maximum absolute atomic E-state index is 10.7. The summed E-state index contributed by atoms with van der Waals surface area (Å²) in [4.78, 5) is 64.4. The van der Waals surface area contributed by atoms with E-state index < -0.39 is 57.7 Å². The van der Waals surface area contributed by atoms with Crippen molar-refractivity contribution in [2.45, 2.75) is 53.4 Å². The van der Waals surface area contributed by atoms with Gasteiger partial charge in [0.1, 0.15) is 0 Å². The number of hydrogen-bond acceptors (Lipinski definition) is 10. The average Bonchev–Trinajstić information content (AvgIpc) is 2.38. The van der Waals surface area contributed by atoms with E-state index in [9.17, 15) is 28.8 Å². The van der Waals surface area contributed by atoms with E-state index in [4.69, 9.17) is 29.0 Å². The number of nitrogens with two attached hydrogens (primary N) is 2. The summed E-state index contributed by atoms with van der Waals surface area (Å²) >= 11 is 0. The maximum Gasteiger partial charge on any atom is 0.394 e. The van der Waals surface area contributed by atoms with E-state index in [-0.39, 0.29) is 0 Å². The van der Waals surface area contributed by atoms with Crippen molar-refractivity contribution >= 4 is 45.8 Å². The van der Waals surface area contributed by atoms with Crippen LogP contribution in [0.3, 0.4) is 0 Å². The zero-order chi connectivity index (χ0) is 27.2. The maximum atomic E-state index is 10.7. The fraction of sp³-hybridized carbons (Fsp3) is 0.571. The third-order valence-corrected chi connectivity index (χ3v) is 2.24. The fourth-order valence-electron chi connectivity index (χ4n) is 1.85. The summed E-state index contributed by atoms with van der Waals surface area (Å²) < 4.78 is 31.6. The van der Waals surface area contributed by atoms with E-state index in [0.29, 0.717) is 0 Å². The monoisotopic (exact) mass is 502 g/mol. The molecule has 0 spiro atoms. The highest BCUT2D eigenvalue weighted by molar-refractivity contribution is 7.79.